The Bertz CT molecular complexity index is 531. The molecule has 0 radical (unpaired) electrons. The summed E-state index contributed by atoms with van der Waals surface area (Å²) in [5.74, 6) is -0.0710. The smallest absolute Gasteiger partial charge is 0.328 e. The van der Waals surface area contributed by atoms with E-state index < -0.39 is 5.97 Å². The summed E-state index contributed by atoms with van der Waals surface area (Å²) in [6.45, 7) is 2.58. The van der Waals surface area contributed by atoms with Gasteiger partial charge in [0.05, 0.1) is 0 Å². The van der Waals surface area contributed by atoms with Crippen molar-refractivity contribution in [1.82, 2.24) is 4.90 Å². The van der Waals surface area contributed by atoms with Crippen LogP contribution in [-0.2, 0) is 16.1 Å². The molecule has 0 aliphatic heterocycles. The second kappa shape index (κ2) is 6.22. The summed E-state index contributed by atoms with van der Waals surface area (Å²) in [5, 5.41) is 10.5. The molecule has 1 heterocycles. The van der Waals surface area contributed by atoms with Crippen LogP contribution in [0.5, 0.6) is 0 Å². The fourth-order valence-corrected chi connectivity index (χ4v) is 3.01. The van der Waals surface area contributed by atoms with Gasteiger partial charge in [-0.3, -0.25) is 4.79 Å². The summed E-state index contributed by atoms with van der Waals surface area (Å²) >= 11 is 1.48. The highest BCUT2D eigenvalue weighted by Gasteiger charge is 2.33. The van der Waals surface area contributed by atoms with Crippen molar-refractivity contribution in [2.75, 3.05) is 7.05 Å². The lowest BCUT2D eigenvalue weighted by molar-refractivity contribution is -0.135. The molecule has 5 heteroatoms. The molecule has 1 fully saturated rings. The number of carbonyl (C=O) groups excluding carboxylic acids is 1. The van der Waals surface area contributed by atoms with Crippen LogP contribution < -0.4 is 0 Å². The molecule has 0 aromatic carbocycles. The van der Waals surface area contributed by atoms with Gasteiger partial charge in [-0.1, -0.05) is 6.92 Å². The zero-order valence-corrected chi connectivity index (χ0v) is 12.5. The number of thiophene rings is 1. The molecule has 1 aromatic rings. The predicted octanol–water partition coefficient (Wildman–Crippen LogP) is 2.85. The summed E-state index contributed by atoms with van der Waals surface area (Å²) in [7, 11) is 1.83. The van der Waals surface area contributed by atoms with Gasteiger partial charge < -0.3 is 10.0 Å². The summed E-state index contributed by atoms with van der Waals surface area (Å²) in [4.78, 5) is 25.3. The minimum atomic E-state index is -0.953. The SMILES string of the molecule is CC(C(=O)N(C)Cc1csc(/C=C/C(=O)O)c1)C1CC1. The third kappa shape index (κ3) is 3.93. The summed E-state index contributed by atoms with van der Waals surface area (Å²) in [6.07, 6.45) is 5.04. The molecule has 1 atom stereocenters. The van der Waals surface area contributed by atoms with Crippen LogP contribution in [0.3, 0.4) is 0 Å². The number of hydrogen-bond donors (Lipinski definition) is 1. The number of carboxylic acids is 1. The van der Waals surface area contributed by atoms with Crippen LogP contribution in [0, 0.1) is 11.8 Å². The second-order valence-corrected chi connectivity index (χ2v) is 6.29. The van der Waals surface area contributed by atoms with E-state index in [0.717, 1.165) is 16.5 Å². The van der Waals surface area contributed by atoms with Crippen molar-refractivity contribution in [2.45, 2.75) is 26.3 Å². The number of amides is 1. The van der Waals surface area contributed by atoms with Crippen LogP contribution in [-0.4, -0.2) is 28.9 Å². The summed E-state index contributed by atoms with van der Waals surface area (Å²) in [6, 6.07) is 1.93. The highest BCUT2D eigenvalue weighted by atomic mass is 32.1. The first-order chi connectivity index (χ1) is 9.47. The van der Waals surface area contributed by atoms with E-state index >= 15 is 0 Å². The molecule has 0 saturated heterocycles. The molecule has 1 amide bonds. The van der Waals surface area contributed by atoms with Crippen molar-refractivity contribution in [3.8, 4) is 0 Å². The van der Waals surface area contributed by atoms with Crippen LogP contribution in [0.1, 0.15) is 30.2 Å². The molecule has 0 spiro atoms. The molecule has 0 bridgehead atoms. The Morgan fingerprint density at radius 2 is 2.25 bits per heavy atom. The normalized spacial score (nSPS) is 16.3. The van der Waals surface area contributed by atoms with Crippen LogP contribution in [0.2, 0.25) is 0 Å². The molecule has 1 aliphatic carbocycles. The van der Waals surface area contributed by atoms with Gasteiger partial charge in [0.1, 0.15) is 0 Å². The molecule has 1 unspecified atom stereocenters. The quantitative estimate of drug-likeness (QED) is 0.821. The zero-order valence-electron chi connectivity index (χ0n) is 11.7. The number of rotatable bonds is 6. The maximum Gasteiger partial charge on any atom is 0.328 e. The Hall–Kier alpha value is -1.62. The predicted molar refractivity (Wildman–Crippen MR) is 79.4 cm³/mol. The largest absolute Gasteiger partial charge is 0.478 e. The van der Waals surface area contributed by atoms with Crippen LogP contribution >= 0.6 is 11.3 Å². The maximum absolute atomic E-state index is 12.2. The van der Waals surface area contributed by atoms with E-state index in [1.807, 2.05) is 25.4 Å². The van der Waals surface area contributed by atoms with E-state index in [2.05, 4.69) is 0 Å². The summed E-state index contributed by atoms with van der Waals surface area (Å²) < 4.78 is 0. The van der Waals surface area contributed by atoms with Crippen LogP contribution in [0.15, 0.2) is 17.5 Å². The zero-order chi connectivity index (χ0) is 14.7. The fourth-order valence-electron chi connectivity index (χ4n) is 2.22. The van der Waals surface area contributed by atoms with E-state index in [9.17, 15) is 9.59 Å². The standard InChI is InChI=1S/C15H19NO3S/c1-10(12-3-4-12)15(19)16(2)8-11-7-13(20-9-11)5-6-14(17)18/h5-7,9-10,12H,3-4,8H2,1-2H3,(H,17,18)/b6-5+. The lowest BCUT2D eigenvalue weighted by Gasteiger charge is -2.20. The molecule has 20 heavy (non-hydrogen) atoms. The Balaban J connectivity index is 1.92. The minimum absolute atomic E-state index is 0.116. The van der Waals surface area contributed by atoms with E-state index in [4.69, 9.17) is 5.11 Å². The van der Waals surface area contributed by atoms with E-state index in [1.54, 1.807) is 11.0 Å². The second-order valence-electron chi connectivity index (χ2n) is 5.35. The Morgan fingerprint density at radius 3 is 2.85 bits per heavy atom. The van der Waals surface area contributed by atoms with Crippen LogP contribution in [0.25, 0.3) is 6.08 Å². The molecule has 1 N–H and O–H groups in total. The first kappa shape index (κ1) is 14.8. The van der Waals surface area contributed by atoms with Crippen molar-refractivity contribution >= 4 is 29.3 Å². The topological polar surface area (TPSA) is 57.6 Å². The third-order valence-corrected chi connectivity index (χ3v) is 4.53. The lowest BCUT2D eigenvalue weighted by atomic mass is 10.1. The first-order valence-electron chi connectivity index (χ1n) is 6.70. The molecular weight excluding hydrogens is 274 g/mol. The van der Waals surface area contributed by atoms with Gasteiger partial charge >= 0.3 is 5.97 Å². The minimum Gasteiger partial charge on any atom is -0.478 e. The van der Waals surface area contributed by atoms with Gasteiger partial charge in [-0.05, 0) is 41.8 Å². The van der Waals surface area contributed by atoms with Crippen molar-refractivity contribution in [3.05, 3.63) is 28.0 Å². The Morgan fingerprint density at radius 1 is 1.55 bits per heavy atom. The van der Waals surface area contributed by atoms with Gasteiger partial charge in [0, 0.05) is 30.5 Å². The van der Waals surface area contributed by atoms with Crippen molar-refractivity contribution in [3.63, 3.8) is 0 Å². The van der Waals surface area contributed by atoms with Crippen molar-refractivity contribution in [2.24, 2.45) is 11.8 Å². The molecule has 1 aromatic heterocycles. The Labute approximate surface area is 122 Å². The van der Waals surface area contributed by atoms with Crippen molar-refractivity contribution in [1.29, 1.82) is 0 Å². The number of nitrogens with zero attached hydrogens (tertiary/aromatic N) is 1. The van der Waals surface area contributed by atoms with Gasteiger partial charge in [-0.15, -0.1) is 11.3 Å². The maximum atomic E-state index is 12.2. The summed E-state index contributed by atoms with van der Waals surface area (Å²) in [5.41, 5.74) is 1.04. The highest BCUT2D eigenvalue weighted by molar-refractivity contribution is 7.11. The monoisotopic (exact) mass is 293 g/mol. The molecule has 1 saturated carbocycles. The fraction of sp³-hybridized carbons (Fsp3) is 0.467. The van der Waals surface area contributed by atoms with Gasteiger partial charge in [0.2, 0.25) is 5.91 Å². The van der Waals surface area contributed by atoms with E-state index in [1.165, 1.54) is 24.2 Å². The highest BCUT2D eigenvalue weighted by Crippen LogP contribution is 2.37. The number of aliphatic carboxylic acids is 1. The van der Waals surface area contributed by atoms with Gasteiger partial charge in [0.25, 0.3) is 0 Å². The average Bonchev–Trinajstić information content (AvgIpc) is 3.16. The molecule has 4 nitrogen and oxygen atoms in total. The molecule has 108 valence electrons. The van der Waals surface area contributed by atoms with Gasteiger partial charge in [-0.2, -0.15) is 0 Å². The van der Waals surface area contributed by atoms with E-state index in [-0.39, 0.29) is 11.8 Å². The molecule has 2 rings (SSSR count). The van der Waals surface area contributed by atoms with E-state index in [0.29, 0.717) is 12.5 Å². The number of carboxylic acid groups (broad SMARTS) is 1. The molecule has 1 aliphatic rings. The van der Waals surface area contributed by atoms with Gasteiger partial charge in [-0.25, -0.2) is 4.79 Å². The third-order valence-electron chi connectivity index (χ3n) is 3.58. The average molecular weight is 293 g/mol. The first-order valence-corrected chi connectivity index (χ1v) is 7.58. The Kier molecular flexibility index (Phi) is 4.60. The lowest BCUT2D eigenvalue weighted by Crippen LogP contribution is -2.32. The van der Waals surface area contributed by atoms with Crippen molar-refractivity contribution < 1.29 is 14.7 Å². The molecular formula is C15H19NO3S. The number of carbonyl (C=O) groups is 2. The number of hydrogen-bond acceptors (Lipinski definition) is 3. The van der Waals surface area contributed by atoms with Gasteiger partial charge in [0.15, 0.2) is 0 Å². The van der Waals surface area contributed by atoms with Crippen LogP contribution in [0.4, 0.5) is 0 Å².